The smallest absolute Gasteiger partial charge is 0.268 e. The first kappa shape index (κ1) is 12.6. The summed E-state index contributed by atoms with van der Waals surface area (Å²) in [5, 5.41) is 10.6. The van der Waals surface area contributed by atoms with E-state index in [1.807, 2.05) is 48.5 Å². The molecule has 1 amide bonds. The van der Waals surface area contributed by atoms with Crippen LogP contribution in [0.5, 0.6) is 0 Å². The molecule has 1 aliphatic heterocycles. The van der Waals surface area contributed by atoms with Gasteiger partial charge in [0.2, 0.25) is 0 Å². The molecule has 0 bridgehead atoms. The minimum atomic E-state index is -1.62. The van der Waals surface area contributed by atoms with Gasteiger partial charge in [0.25, 0.3) is 5.91 Å². The molecule has 0 aliphatic carbocycles. The van der Waals surface area contributed by atoms with Gasteiger partial charge in [0, 0.05) is 5.56 Å². The Bertz CT molecular complexity index is 666. The van der Waals surface area contributed by atoms with E-state index >= 15 is 0 Å². The number of amides is 1. The highest BCUT2D eigenvalue weighted by atomic mass is 16.3. The molecule has 0 fully saturated rings. The molecule has 1 aliphatic rings. The molecule has 0 saturated carbocycles. The number of hydrogen-bond acceptors (Lipinski definition) is 2. The van der Waals surface area contributed by atoms with E-state index in [0.29, 0.717) is 12.1 Å². The summed E-state index contributed by atoms with van der Waals surface area (Å²) in [7, 11) is 0. The van der Waals surface area contributed by atoms with Crippen LogP contribution in [-0.2, 0) is 16.9 Å². The predicted molar refractivity (Wildman–Crippen MR) is 78.2 cm³/mol. The standard InChI is InChI=1S/C17H15NO2/c1-2-17(20)14-10-6-7-11-15(14)18(16(17)19)12-13-8-4-3-5-9-13/h2-11,20H,1,12H2/t17-/m0/s1. The molecular formula is C17H15NO2. The van der Waals surface area contributed by atoms with Crippen LogP contribution in [0.25, 0.3) is 0 Å². The van der Waals surface area contributed by atoms with Crippen molar-refractivity contribution in [1.29, 1.82) is 0 Å². The molecule has 0 saturated heterocycles. The van der Waals surface area contributed by atoms with E-state index < -0.39 is 5.60 Å². The highest BCUT2D eigenvalue weighted by molar-refractivity contribution is 6.08. The lowest BCUT2D eigenvalue weighted by atomic mass is 9.96. The average molecular weight is 265 g/mol. The third-order valence-electron chi connectivity index (χ3n) is 3.66. The van der Waals surface area contributed by atoms with Gasteiger partial charge in [-0.15, -0.1) is 0 Å². The molecule has 20 heavy (non-hydrogen) atoms. The van der Waals surface area contributed by atoms with Crippen molar-refractivity contribution in [2.24, 2.45) is 0 Å². The van der Waals surface area contributed by atoms with E-state index in [9.17, 15) is 9.90 Å². The van der Waals surface area contributed by atoms with Crippen molar-refractivity contribution in [3.8, 4) is 0 Å². The average Bonchev–Trinajstić information content (AvgIpc) is 2.72. The number of aliphatic hydroxyl groups is 1. The Morgan fingerprint density at radius 3 is 2.45 bits per heavy atom. The van der Waals surface area contributed by atoms with E-state index in [0.717, 1.165) is 11.3 Å². The van der Waals surface area contributed by atoms with Gasteiger partial charge in [0.15, 0.2) is 5.60 Å². The number of benzene rings is 2. The molecule has 3 nitrogen and oxygen atoms in total. The van der Waals surface area contributed by atoms with Gasteiger partial charge in [-0.3, -0.25) is 4.79 Å². The molecule has 0 aromatic heterocycles. The number of hydrogen-bond donors (Lipinski definition) is 1. The van der Waals surface area contributed by atoms with Crippen LogP contribution in [0.15, 0.2) is 67.3 Å². The fraction of sp³-hybridized carbons (Fsp3) is 0.118. The zero-order valence-corrected chi connectivity index (χ0v) is 11.0. The Morgan fingerprint density at radius 1 is 1.10 bits per heavy atom. The van der Waals surface area contributed by atoms with Crippen LogP contribution in [-0.4, -0.2) is 11.0 Å². The number of para-hydroxylation sites is 1. The van der Waals surface area contributed by atoms with Crippen LogP contribution < -0.4 is 4.90 Å². The number of anilines is 1. The fourth-order valence-corrected chi connectivity index (χ4v) is 2.58. The third kappa shape index (κ3) is 1.75. The van der Waals surface area contributed by atoms with Crippen molar-refractivity contribution in [2.45, 2.75) is 12.1 Å². The van der Waals surface area contributed by atoms with Crippen LogP contribution in [0, 0.1) is 0 Å². The van der Waals surface area contributed by atoms with Crippen molar-refractivity contribution in [3.63, 3.8) is 0 Å². The summed E-state index contributed by atoms with van der Waals surface area (Å²) in [6.07, 6.45) is 1.30. The van der Waals surface area contributed by atoms with Crippen LogP contribution in [0.4, 0.5) is 5.69 Å². The highest BCUT2D eigenvalue weighted by Crippen LogP contribution is 2.41. The Hall–Kier alpha value is -2.39. The normalized spacial score (nSPS) is 20.9. The minimum absolute atomic E-state index is 0.349. The highest BCUT2D eigenvalue weighted by Gasteiger charge is 2.47. The van der Waals surface area contributed by atoms with Crippen LogP contribution in [0.2, 0.25) is 0 Å². The molecule has 2 aromatic carbocycles. The minimum Gasteiger partial charge on any atom is -0.372 e. The second-order valence-electron chi connectivity index (χ2n) is 4.86. The Balaban J connectivity index is 2.05. The summed E-state index contributed by atoms with van der Waals surface area (Å²) in [6.45, 7) is 4.05. The molecule has 3 rings (SSSR count). The van der Waals surface area contributed by atoms with Gasteiger partial charge in [0.05, 0.1) is 12.2 Å². The van der Waals surface area contributed by atoms with Crippen molar-refractivity contribution < 1.29 is 9.90 Å². The van der Waals surface area contributed by atoms with Crippen molar-refractivity contribution in [2.75, 3.05) is 4.90 Å². The van der Waals surface area contributed by atoms with Crippen LogP contribution >= 0.6 is 0 Å². The Labute approximate surface area is 117 Å². The molecule has 0 unspecified atom stereocenters. The Kier molecular flexibility index (Phi) is 2.92. The van der Waals surface area contributed by atoms with E-state index in [2.05, 4.69) is 6.58 Å². The van der Waals surface area contributed by atoms with E-state index in [1.165, 1.54) is 6.08 Å². The number of carbonyl (C=O) groups is 1. The molecule has 2 aromatic rings. The topological polar surface area (TPSA) is 40.5 Å². The van der Waals surface area contributed by atoms with E-state index in [1.54, 1.807) is 11.0 Å². The van der Waals surface area contributed by atoms with Crippen molar-refractivity contribution in [3.05, 3.63) is 78.4 Å². The molecule has 0 radical (unpaired) electrons. The molecule has 1 atom stereocenters. The summed E-state index contributed by atoms with van der Waals surface area (Å²) >= 11 is 0. The lowest BCUT2D eigenvalue weighted by Crippen LogP contribution is -2.38. The van der Waals surface area contributed by atoms with Crippen molar-refractivity contribution in [1.82, 2.24) is 0 Å². The monoisotopic (exact) mass is 265 g/mol. The summed E-state index contributed by atoms with van der Waals surface area (Å²) in [4.78, 5) is 14.1. The first-order chi connectivity index (χ1) is 9.66. The first-order valence-corrected chi connectivity index (χ1v) is 6.48. The molecule has 100 valence electrons. The molecular weight excluding hydrogens is 250 g/mol. The maximum absolute atomic E-state index is 12.5. The summed E-state index contributed by atoms with van der Waals surface area (Å²) in [6, 6.07) is 17.0. The lowest BCUT2D eigenvalue weighted by molar-refractivity contribution is -0.131. The predicted octanol–water partition coefficient (Wildman–Crippen LogP) is 2.61. The van der Waals surface area contributed by atoms with Gasteiger partial charge < -0.3 is 10.0 Å². The summed E-state index contributed by atoms with van der Waals surface area (Å²) in [5.41, 5.74) is 0.731. The molecule has 1 heterocycles. The lowest BCUT2D eigenvalue weighted by Gasteiger charge is -2.20. The van der Waals surface area contributed by atoms with Gasteiger partial charge in [-0.05, 0) is 17.7 Å². The molecule has 3 heteroatoms. The van der Waals surface area contributed by atoms with Gasteiger partial charge in [0.1, 0.15) is 0 Å². The Morgan fingerprint density at radius 2 is 1.75 bits per heavy atom. The van der Waals surface area contributed by atoms with Gasteiger partial charge >= 0.3 is 0 Å². The quantitative estimate of drug-likeness (QED) is 0.867. The maximum Gasteiger partial charge on any atom is 0.268 e. The van der Waals surface area contributed by atoms with Gasteiger partial charge in [-0.1, -0.05) is 55.1 Å². The summed E-state index contributed by atoms with van der Waals surface area (Å²) < 4.78 is 0. The summed E-state index contributed by atoms with van der Waals surface area (Å²) in [5.74, 6) is -0.349. The second kappa shape index (κ2) is 4.62. The van der Waals surface area contributed by atoms with Crippen LogP contribution in [0.3, 0.4) is 0 Å². The third-order valence-corrected chi connectivity index (χ3v) is 3.66. The number of rotatable bonds is 3. The SMILES string of the molecule is C=C[C@@]1(O)C(=O)N(Cc2ccccc2)c2ccccc21. The molecule has 0 spiro atoms. The van der Waals surface area contributed by atoms with Crippen molar-refractivity contribution >= 4 is 11.6 Å². The number of carbonyl (C=O) groups excluding carboxylic acids is 1. The van der Waals surface area contributed by atoms with Crippen LogP contribution in [0.1, 0.15) is 11.1 Å². The van der Waals surface area contributed by atoms with E-state index in [4.69, 9.17) is 0 Å². The zero-order chi connectivity index (χ0) is 14.2. The fourth-order valence-electron chi connectivity index (χ4n) is 2.58. The number of fused-ring (bicyclic) bond motifs is 1. The number of nitrogens with zero attached hydrogens (tertiary/aromatic N) is 1. The molecule has 1 N–H and O–H groups in total. The van der Waals surface area contributed by atoms with Gasteiger partial charge in [-0.2, -0.15) is 0 Å². The first-order valence-electron chi connectivity index (χ1n) is 6.48. The zero-order valence-electron chi connectivity index (χ0n) is 11.0. The largest absolute Gasteiger partial charge is 0.372 e. The second-order valence-corrected chi connectivity index (χ2v) is 4.86. The maximum atomic E-state index is 12.5. The van der Waals surface area contributed by atoms with Gasteiger partial charge in [-0.25, -0.2) is 0 Å². The van der Waals surface area contributed by atoms with E-state index in [-0.39, 0.29) is 5.91 Å².